The zero-order valence-electron chi connectivity index (χ0n) is 64.9. The molecule has 1 saturated heterocycles. The van der Waals surface area contributed by atoms with Gasteiger partial charge in [0, 0.05) is 25.7 Å². The van der Waals surface area contributed by atoms with E-state index in [2.05, 4.69) is 27.7 Å². The molecule has 100 heavy (non-hydrogen) atoms. The van der Waals surface area contributed by atoms with E-state index in [0.717, 1.165) is 102 Å². The molecule has 0 spiro atoms. The monoisotopic (exact) mass is 1460 g/mol. The highest BCUT2D eigenvalue weighted by molar-refractivity contribution is 7.47. The average molecular weight is 1460 g/mol. The van der Waals surface area contributed by atoms with E-state index in [4.69, 9.17) is 37.0 Å². The van der Waals surface area contributed by atoms with Crippen molar-refractivity contribution in [2.75, 3.05) is 39.6 Å². The molecule has 0 aromatic heterocycles. The van der Waals surface area contributed by atoms with E-state index in [-0.39, 0.29) is 25.7 Å². The highest BCUT2D eigenvalue weighted by atomic mass is 31.2. The molecule has 3 N–H and O–H groups in total. The van der Waals surface area contributed by atoms with E-state index in [1.165, 1.54) is 257 Å². The van der Waals surface area contributed by atoms with Crippen molar-refractivity contribution in [3.63, 3.8) is 0 Å². The molecule has 1 fully saturated rings. The Morgan fingerprint density at radius 3 is 1.15 bits per heavy atom. The molecular formula is C81H156O17P2. The van der Waals surface area contributed by atoms with E-state index < -0.39 is 97.5 Å². The number of ether oxygens (including phenoxy) is 4. The molecule has 592 valence electrons. The summed E-state index contributed by atoms with van der Waals surface area (Å²) in [5.74, 6) is -0.485. The molecule has 1 heterocycles. The number of hydrogen-bond acceptors (Lipinski definition) is 15. The van der Waals surface area contributed by atoms with Crippen molar-refractivity contribution in [3.8, 4) is 0 Å². The Morgan fingerprint density at radius 2 is 0.730 bits per heavy atom. The Labute approximate surface area is 612 Å². The SMILES string of the molecule is CCCCCCCCCCCCCCCCCC(=O)OC[C@@H]1COP(=O)(O)OC[C@@H](O)COP(=O)(O)OC[C@H](OC(=O)CCCCCCCCCCCCCCCCC)COC(=O)CCCCCCCCCCCCCCC[C@@H](C)[C@@H](CCCCC)CCCCCCCCCCCC(=O)O1. The van der Waals surface area contributed by atoms with Gasteiger partial charge in [0.2, 0.25) is 0 Å². The van der Waals surface area contributed by atoms with Crippen LogP contribution in [0.3, 0.4) is 0 Å². The summed E-state index contributed by atoms with van der Waals surface area (Å²) in [6.45, 7) is 5.36. The Kier molecular flexibility index (Phi) is 67.3. The van der Waals surface area contributed by atoms with E-state index in [1.807, 2.05) is 0 Å². The summed E-state index contributed by atoms with van der Waals surface area (Å²) < 4.78 is 68.9. The van der Waals surface area contributed by atoms with E-state index in [1.54, 1.807) is 0 Å². The van der Waals surface area contributed by atoms with E-state index >= 15 is 0 Å². The van der Waals surface area contributed by atoms with Crippen LogP contribution >= 0.6 is 15.6 Å². The minimum atomic E-state index is -4.96. The lowest BCUT2D eigenvalue weighted by Gasteiger charge is -2.24. The van der Waals surface area contributed by atoms with Crippen LogP contribution in [-0.2, 0) is 65.4 Å². The minimum Gasteiger partial charge on any atom is -0.462 e. The van der Waals surface area contributed by atoms with Crippen LogP contribution in [0.25, 0.3) is 0 Å². The molecule has 1 aliphatic heterocycles. The number of aliphatic hydroxyl groups excluding tert-OH is 1. The maximum atomic E-state index is 13.2. The van der Waals surface area contributed by atoms with Gasteiger partial charge in [0.15, 0.2) is 12.2 Å². The number of aliphatic hydroxyl groups is 1. The molecular weight excluding hydrogens is 1310 g/mol. The molecule has 0 aromatic rings. The van der Waals surface area contributed by atoms with Crippen LogP contribution in [0.15, 0.2) is 0 Å². The largest absolute Gasteiger partial charge is 0.472 e. The van der Waals surface area contributed by atoms with Crippen LogP contribution in [0.2, 0.25) is 0 Å². The summed E-state index contributed by atoms with van der Waals surface area (Å²) in [6, 6.07) is 0. The van der Waals surface area contributed by atoms with Gasteiger partial charge >= 0.3 is 39.5 Å². The smallest absolute Gasteiger partial charge is 0.462 e. The van der Waals surface area contributed by atoms with Crippen LogP contribution in [0.5, 0.6) is 0 Å². The quantitative estimate of drug-likeness (QED) is 0.0224. The lowest BCUT2D eigenvalue weighted by Crippen LogP contribution is -2.30. The second kappa shape index (κ2) is 70.1. The van der Waals surface area contributed by atoms with Gasteiger partial charge in [0.05, 0.1) is 26.4 Å². The topological polar surface area (TPSA) is 237 Å². The van der Waals surface area contributed by atoms with Crippen molar-refractivity contribution >= 4 is 39.5 Å². The van der Waals surface area contributed by atoms with Crippen LogP contribution < -0.4 is 0 Å². The molecule has 1 rings (SSSR count). The number of esters is 4. The van der Waals surface area contributed by atoms with E-state index in [0.29, 0.717) is 25.7 Å². The summed E-state index contributed by atoms with van der Waals surface area (Å²) >= 11 is 0. The predicted molar refractivity (Wildman–Crippen MR) is 407 cm³/mol. The standard InChI is InChI=1S/C81H156O17P2/c1-5-8-11-13-15-17-19-21-23-27-31-37-43-49-56-63-78(83)92-70-77-72-96-100(89,90)94-68-75(82)67-93-99(87,88)95-71-76(97-80(85)65-58-51-45-39-33-28-24-22-20-18-16-14-12-9-6-2)69-91-79(84)64-57-50-44-38-32-29-25-26-30-35-41-47-54-60-73(4)74(61-53-10-7-3)62-55-48-42-36-34-40-46-52-59-66-81(86)98-77/h73-77,82H,5-72H2,1-4H3,(H,87,88)(H,89,90)/t73-,74+,75+,76-,77-/m1/s1. The second-order valence-electron chi connectivity index (χ2n) is 29.9. The summed E-state index contributed by atoms with van der Waals surface area (Å²) in [6.07, 6.45) is 65.0. The molecule has 0 saturated carbocycles. The summed E-state index contributed by atoms with van der Waals surface area (Å²) in [7, 11) is -9.92. The normalized spacial score (nSPS) is 24.0. The number of carbonyl (C=O) groups excluding carboxylic acids is 4. The fourth-order valence-corrected chi connectivity index (χ4v) is 15.1. The molecule has 2 unspecified atom stereocenters. The van der Waals surface area contributed by atoms with Crippen molar-refractivity contribution in [2.45, 2.75) is 444 Å². The Balaban J connectivity index is 2.94. The number of rotatable bonds is 39. The fraction of sp³-hybridized carbons (Fsp3) is 0.951. The molecule has 0 aromatic carbocycles. The van der Waals surface area contributed by atoms with Gasteiger partial charge in [0.25, 0.3) is 0 Å². The predicted octanol–water partition coefficient (Wildman–Crippen LogP) is 24.0. The first-order chi connectivity index (χ1) is 48.6. The fourth-order valence-electron chi connectivity index (χ4n) is 13.6. The van der Waals surface area contributed by atoms with Crippen molar-refractivity contribution in [3.05, 3.63) is 0 Å². The van der Waals surface area contributed by atoms with Crippen LogP contribution in [0.4, 0.5) is 0 Å². The van der Waals surface area contributed by atoms with Crippen molar-refractivity contribution in [1.29, 1.82) is 0 Å². The number of cyclic esters (lactones) is 2. The van der Waals surface area contributed by atoms with Crippen LogP contribution in [-0.4, -0.2) is 96.7 Å². The lowest BCUT2D eigenvalue weighted by molar-refractivity contribution is -0.161. The molecule has 0 aliphatic carbocycles. The summed E-state index contributed by atoms with van der Waals surface area (Å²) in [5, 5.41) is 10.7. The number of carbonyl (C=O) groups is 4. The number of phosphoric ester groups is 2. The van der Waals surface area contributed by atoms with Gasteiger partial charge < -0.3 is 33.8 Å². The Hall–Kier alpha value is -1.94. The van der Waals surface area contributed by atoms with Gasteiger partial charge in [-0.1, -0.05) is 374 Å². The molecule has 19 heteroatoms. The molecule has 0 bridgehead atoms. The first-order valence-electron chi connectivity index (χ1n) is 42.2. The average Bonchev–Trinajstić information content (AvgIpc) is 0.925. The second-order valence-corrected chi connectivity index (χ2v) is 32.8. The summed E-state index contributed by atoms with van der Waals surface area (Å²) in [4.78, 5) is 73.4. The zero-order chi connectivity index (χ0) is 72.9. The maximum absolute atomic E-state index is 13.2. The molecule has 0 amide bonds. The van der Waals surface area contributed by atoms with Crippen molar-refractivity contribution < 1.29 is 80.2 Å². The zero-order valence-corrected chi connectivity index (χ0v) is 66.7. The third kappa shape index (κ3) is 65.6. The number of phosphoric acid groups is 2. The highest BCUT2D eigenvalue weighted by Crippen LogP contribution is 2.45. The van der Waals surface area contributed by atoms with Crippen LogP contribution in [0, 0.1) is 11.8 Å². The van der Waals surface area contributed by atoms with Crippen molar-refractivity contribution in [1.82, 2.24) is 0 Å². The maximum Gasteiger partial charge on any atom is 0.472 e. The lowest BCUT2D eigenvalue weighted by atomic mass is 9.82. The Bertz CT molecular complexity index is 1960. The van der Waals surface area contributed by atoms with Gasteiger partial charge in [-0.05, 0) is 37.5 Å². The summed E-state index contributed by atoms with van der Waals surface area (Å²) in [5.41, 5.74) is 0. The first kappa shape index (κ1) is 96.1. The number of hydrogen-bond donors (Lipinski definition) is 3. The van der Waals surface area contributed by atoms with Crippen LogP contribution in [0.1, 0.15) is 426 Å². The Morgan fingerprint density at radius 1 is 0.400 bits per heavy atom. The van der Waals surface area contributed by atoms with Gasteiger partial charge in [0.1, 0.15) is 19.3 Å². The first-order valence-corrected chi connectivity index (χ1v) is 45.2. The van der Waals surface area contributed by atoms with Gasteiger partial charge in [-0.3, -0.25) is 37.3 Å². The molecule has 17 nitrogen and oxygen atoms in total. The van der Waals surface area contributed by atoms with Gasteiger partial charge in [-0.2, -0.15) is 0 Å². The highest BCUT2D eigenvalue weighted by Gasteiger charge is 2.31. The van der Waals surface area contributed by atoms with Gasteiger partial charge in [-0.15, -0.1) is 0 Å². The minimum absolute atomic E-state index is 0.109. The molecule has 1 aliphatic rings. The molecule has 0 radical (unpaired) electrons. The number of unbranched alkanes of at least 4 members (excludes halogenated alkanes) is 30. The van der Waals surface area contributed by atoms with Gasteiger partial charge in [-0.25, -0.2) is 9.13 Å². The molecule has 7 atom stereocenters. The van der Waals surface area contributed by atoms with Crippen molar-refractivity contribution in [2.24, 2.45) is 11.8 Å². The van der Waals surface area contributed by atoms with E-state index in [9.17, 15) is 43.2 Å². The third-order valence-corrected chi connectivity index (χ3v) is 22.0. The third-order valence-electron chi connectivity index (χ3n) is 20.1.